The molecule has 2 aromatic heterocycles. The lowest BCUT2D eigenvalue weighted by Gasteiger charge is -2.02. The Morgan fingerprint density at radius 3 is 2.38 bits per heavy atom. The van der Waals surface area contributed by atoms with Crippen LogP contribution in [0.1, 0.15) is 12.7 Å². The van der Waals surface area contributed by atoms with E-state index in [0.717, 1.165) is 17.2 Å². The molecule has 0 fully saturated rings. The van der Waals surface area contributed by atoms with Crippen LogP contribution in [0.3, 0.4) is 0 Å². The molecule has 0 spiro atoms. The molecule has 0 saturated heterocycles. The summed E-state index contributed by atoms with van der Waals surface area (Å²) in [7, 11) is -3.13. The molecule has 12 nitrogen and oxygen atoms in total. The second kappa shape index (κ2) is 8.14. The van der Waals surface area contributed by atoms with Gasteiger partial charge in [0.25, 0.3) is 0 Å². The summed E-state index contributed by atoms with van der Waals surface area (Å²) in [5, 5.41) is 19.9. The van der Waals surface area contributed by atoms with E-state index in [4.69, 9.17) is 0 Å². The number of aromatic nitrogens is 4. The van der Waals surface area contributed by atoms with Crippen molar-refractivity contribution in [1.82, 2.24) is 19.2 Å². The summed E-state index contributed by atoms with van der Waals surface area (Å²) in [4.78, 5) is 27.1. The monoisotopic (exact) mass is 360 g/mol. The van der Waals surface area contributed by atoms with E-state index in [1.165, 1.54) is 17.0 Å². The van der Waals surface area contributed by atoms with Crippen molar-refractivity contribution in [1.29, 1.82) is 0 Å². The van der Waals surface area contributed by atoms with Crippen molar-refractivity contribution in [3.63, 3.8) is 0 Å². The van der Waals surface area contributed by atoms with Gasteiger partial charge in [0, 0.05) is 12.7 Å². The topological polar surface area (TPSA) is 156 Å². The molecule has 0 amide bonds. The van der Waals surface area contributed by atoms with Crippen LogP contribution in [0, 0.1) is 27.2 Å². The summed E-state index contributed by atoms with van der Waals surface area (Å²) < 4.78 is 24.6. The van der Waals surface area contributed by atoms with E-state index in [1.54, 1.807) is 13.8 Å². The third kappa shape index (κ3) is 5.42. The largest absolute Gasteiger partial charge is 0.358 e. The Balaban J connectivity index is 0.000000300. The molecule has 0 N–H and O–H groups in total. The van der Waals surface area contributed by atoms with Crippen LogP contribution < -0.4 is 0 Å². The Hall–Kier alpha value is -2.83. The molecule has 0 aliphatic heterocycles. The lowest BCUT2D eigenvalue weighted by Crippen LogP contribution is -2.16. The van der Waals surface area contributed by atoms with E-state index >= 15 is 0 Å². The van der Waals surface area contributed by atoms with Crippen LogP contribution >= 0.6 is 0 Å². The molecular weight excluding hydrogens is 344 g/mol. The molecule has 0 radical (unpaired) electrons. The van der Waals surface area contributed by atoms with Gasteiger partial charge >= 0.3 is 5.82 Å². The van der Waals surface area contributed by atoms with Crippen LogP contribution in [0.15, 0.2) is 24.9 Å². The average molecular weight is 360 g/mol. The number of rotatable bonds is 6. The minimum Gasteiger partial charge on any atom is -0.358 e. The molecule has 2 rings (SSSR count). The van der Waals surface area contributed by atoms with Crippen LogP contribution in [0.2, 0.25) is 0 Å². The predicted octanol–water partition coefficient (Wildman–Crippen LogP) is 0.457. The van der Waals surface area contributed by atoms with Crippen molar-refractivity contribution in [2.24, 2.45) is 0 Å². The third-order valence-electron chi connectivity index (χ3n) is 2.97. The number of nitro groups is 2. The zero-order valence-corrected chi connectivity index (χ0v) is 13.8. The van der Waals surface area contributed by atoms with Crippen LogP contribution in [-0.2, 0) is 16.4 Å². The van der Waals surface area contributed by atoms with Crippen molar-refractivity contribution in [2.45, 2.75) is 20.4 Å². The Bertz CT molecular complexity index is 797. The zero-order valence-electron chi connectivity index (χ0n) is 13.0. The number of hydrogen-bond donors (Lipinski definition) is 0. The normalized spacial score (nSPS) is 10.8. The fourth-order valence-electron chi connectivity index (χ4n) is 1.60. The van der Waals surface area contributed by atoms with Gasteiger partial charge in [0.2, 0.25) is 0 Å². The smallest absolute Gasteiger partial charge is 0.342 e. The first kappa shape index (κ1) is 19.2. The van der Waals surface area contributed by atoms with Crippen molar-refractivity contribution in [2.75, 3.05) is 11.5 Å². The molecule has 13 heteroatoms. The molecule has 0 aliphatic carbocycles. The average Bonchev–Trinajstić information content (AvgIpc) is 3.15. The highest BCUT2D eigenvalue weighted by Crippen LogP contribution is 2.13. The highest BCUT2D eigenvalue weighted by molar-refractivity contribution is 7.91. The highest BCUT2D eigenvalue weighted by atomic mass is 32.2. The van der Waals surface area contributed by atoms with E-state index in [2.05, 4.69) is 9.97 Å². The molecule has 2 heterocycles. The maximum atomic E-state index is 11.3. The fourth-order valence-corrected chi connectivity index (χ4v) is 2.35. The molecule has 0 atom stereocenters. The summed E-state index contributed by atoms with van der Waals surface area (Å²) in [5.41, 5.74) is 0. The van der Waals surface area contributed by atoms with Gasteiger partial charge in [0.1, 0.15) is 12.7 Å². The lowest BCUT2D eigenvalue weighted by atomic mass is 10.6. The molecule has 0 aliphatic rings. The maximum absolute atomic E-state index is 11.3. The Labute approximate surface area is 136 Å². The van der Waals surface area contributed by atoms with Crippen molar-refractivity contribution < 1.29 is 18.4 Å². The van der Waals surface area contributed by atoms with Gasteiger partial charge in [-0.15, -0.1) is 0 Å². The molecule has 0 unspecified atom stereocenters. The summed E-state index contributed by atoms with van der Waals surface area (Å²) in [6, 6.07) is 0. The second-order valence-electron chi connectivity index (χ2n) is 4.49. The van der Waals surface area contributed by atoms with Gasteiger partial charge in [-0.3, -0.25) is 0 Å². The van der Waals surface area contributed by atoms with Crippen molar-refractivity contribution >= 4 is 15.7 Å². The van der Waals surface area contributed by atoms with Crippen molar-refractivity contribution in [3.05, 3.63) is 51.0 Å². The first-order valence-electron chi connectivity index (χ1n) is 6.67. The summed E-state index contributed by atoms with van der Waals surface area (Å²) in [6.07, 6.45) is 4.87. The number of aryl methyl sites for hydroxylation is 1. The number of sulfone groups is 1. The molecule has 2 aromatic rings. The molecule has 24 heavy (non-hydrogen) atoms. The lowest BCUT2D eigenvalue weighted by molar-refractivity contribution is -0.542. The first-order valence-corrected chi connectivity index (χ1v) is 8.49. The van der Waals surface area contributed by atoms with E-state index < -0.39 is 19.8 Å². The Kier molecular flexibility index (Phi) is 6.52. The SMILES string of the molecule is CCS(=O)(=O)CCn1c([N+](=O)[O-])cnc1C.O=[N+]([O-])n1ccnc1. The maximum Gasteiger partial charge on any atom is 0.342 e. The van der Waals surface area contributed by atoms with E-state index in [1.807, 2.05) is 0 Å². The number of imidazole rings is 2. The Morgan fingerprint density at radius 2 is 1.96 bits per heavy atom. The quantitative estimate of drug-likeness (QED) is 0.531. The Morgan fingerprint density at radius 1 is 1.29 bits per heavy atom. The number of nitrogens with zero attached hydrogens (tertiary/aromatic N) is 6. The first-order chi connectivity index (χ1) is 11.2. The van der Waals surface area contributed by atoms with Crippen LogP contribution in [0.25, 0.3) is 0 Å². The standard InChI is InChI=1S/C8H13N3O4S.C3H3N3O2/c1-3-16(14,15)5-4-10-7(2)9-6-8(10)11(12)13;7-6(8)5-2-1-4-3-5/h6H,3-5H2,1-2H3;1-3H. The van der Waals surface area contributed by atoms with Crippen LogP contribution in [0.5, 0.6) is 0 Å². The molecular formula is C11H16N6O6S. The molecule has 0 bridgehead atoms. The van der Waals surface area contributed by atoms with Gasteiger partial charge in [0.05, 0.1) is 18.1 Å². The van der Waals surface area contributed by atoms with Gasteiger partial charge in [-0.1, -0.05) is 11.6 Å². The summed E-state index contributed by atoms with van der Waals surface area (Å²) >= 11 is 0. The van der Waals surface area contributed by atoms with E-state index in [-0.39, 0.29) is 23.9 Å². The van der Waals surface area contributed by atoms with Gasteiger partial charge in [-0.2, -0.15) is 0 Å². The van der Waals surface area contributed by atoms with Crippen LogP contribution in [-0.4, -0.2) is 49.1 Å². The fraction of sp³-hybridized carbons (Fsp3) is 0.455. The van der Waals surface area contributed by atoms with E-state index in [9.17, 15) is 28.6 Å². The molecule has 0 aromatic carbocycles. The summed E-state index contributed by atoms with van der Waals surface area (Å²) in [5.74, 6) is 0.192. The van der Waals surface area contributed by atoms with Crippen molar-refractivity contribution in [3.8, 4) is 0 Å². The zero-order chi connectivity index (χ0) is 18.3. The molecule has 0 saturated carbocycles. The van der Waals surface area contributed by atoms with E-state index in [0.29, 0.717) is 5.82 Å². The predicted molar refractivity (Wildman–Crippen MR) is 82.6 cm³/mol. The minimum atomic E-state index is -3.13. The minimum absolute atomic E-state index is 0.0363. The van der Waals surface area contributed by atoms with Gasteiger partial charge in [-0.25, -0.2) is 33.1 Å². The summed E-state index contributed by atoms with van der Waals surface area (Å²) in [6.45, 7) is 3.22. The highest BCUT2D eigenvalue weighted by Gasteiger charge is 2.19. The van der Waals surface area contributed by atoms with Gasteiger partial charge in [0.15, 0.2) is 27.0 Å². The third-order valence-corrected chi connectivity index (χ3v) is 4.65. The van der Waals surface area contributed by atoms with Gasteiger partial charge < -0.3 is 10.1 Å². The second-order valence-corrected chi connectivity index (χ2v) is 6.96. The van der Waals surface area contributed by atoms with Crippen LogP contribution in [0.4, 0.5) is 5.82 Å². The van der Waals surface area contributed by atoms with Gasteiger partial charge in [-0.05, 0) is 4.92 Å². The molecule has 132 valence electrons. The number of hydrogen-bond acceptors (Lipinski definition) is 8.